The van der Waals surface area contributed by atoms with E-state index in [2.05, 4.69) is 32.8 Å². The third-order valence-corrected chi connectivity index (χ3v) is 5.77. The van der Waals surface area contributed by atoms with E-state index >= 15 is 0 Å². The number of morpholine rings is 1. The summed E-state index contributed by atoms with van der Waals surface area (Å²) in [6, 6.07) is 12.2. The summed E-state index contributed by atoms with van der Waals surface area (Å²) in [5.74, 6) is -0.377. The van der Waals surface area contributed by atoms with Crippen LogP contribution in [0.3, 0.4) is 0 Å². The fraction of sp³-hybridized carbons (Fsp3) is 0.350. The standard InChI is InChI=1S/C20H22FIN2O2/c1-14-5-6-16(12-18(14)22)20(25)23-13-19(24-7-9-26-10-8-24)15-3-2-4-17(21)11-15/h2-6,11-12,19H,7-10,13H2,1H3,(H,23,25). The molecule has 2 aromatic carbocycles. The topological polar surface area (TPSA) is 41.6 Å². The van der Waals surface area contributed by atoms with Crippen molar-refractivity contribution in [2.75, 3.05) is 32.8 Å². The van der Waals surface area contributed by atoms with E-state index in [1.165, 1.54) is 6.07 Å². The number of rotatable bonds is 5. The molecule has 0 spiro atoms. The van der Waals surface area contributed by atoms with E-state index in [0.29, 0.717) is 25.3 Å². The van der Waals surface area contributed by atoms with Crippen LogP contribution in [0.15, 0.2) is 42.5 Å². The highest BCUT2D eigenvalue weighted by Crippen LogP contribution is 2.22. The van der Waals surface area contributed by atoms with Crippen molar-refractivity contribution >= 4 is 28.5 Å². The molecular formula is C20H22FIN2O2. The van der Waals surface area contributed by atoms with E-state index in [4.69, 9.17) is 4.74 Å². The molecule has 1 heterocycles. The zero-order valence-electron chi connectivity index (χ0n) is 14.7. The van der Waals surface area contributed by atoms with Gasteiger partial charge in [0.2, 0.25) is 0 Å². The molecule has 6 heteroatoms. The molecule has 26 heavy (non-hydrogen) atoms. The van der Waals surface area contributed by atoms with Crippen molar-refractivity contribution in [1.29, 1.82) is 0 Å². The van der Waals surface area contributed by atoms with Crippen LogP contribution in [-0.2, 0) is 4.74 Å². The Hall–Kier alpha value is -1.51. The first kappa shape index (κ1) is 19.3. The van der Waals surface area contributed by atoms with Crippen molar-refractivity contribution in [3.8, 4) is 0 Å². The summed E-state index contributed by atoms with van der Waals surface area (Å²) in [5, 5.41) is 3.01. The number of nitrogens with one attached hydrogen (secondary N) is 1. The molecule has 0 saturated carbocycles. The van der Waals surface area contributed by atoms with Crippen LogP contribution in [0.2, 0.25) is 0 Å². The molecule has 138 valence electrons. The fourth-order valence-corrected chi connectivity index (χ4v) is 3.60. The molecule has 3 rings (SSSR count). The summed E-state index contributed by atoms with van der Waals surface area (Å²) >= 11 is 2.23. The number of carbonyl (C=O) groups excluding carboxylic acids is 1. The summed E-state index contributed by atoms with van der Waals surface area (Å²) in [6.07, 6.45) is 0. The first-order chi connectivity index (χ1) is 12.5. The van der Waals surface area contributed by atoms with Crippen molar-refractivity contribution in [3.05, 3.63) is 68.5 Å². The van der Waals surface area contributed by atoms with Gasteiger partial charge >= 0.3 is 0 Å². The lowest BCUT2D eigenvalue weighted by Crippen LogP contribution is -2.43. The zero-order valence-corrected chi connectivity index (χ0v) is 16.8. The average molecular weight is 468 g/mol. The molecule has 1 aliphatic rings. The van der Waals surface area contributed by atoms with Gasteiger partial charge in [0.15, 0.2) is 0 Å². The van der Waals surface area contributed by atoms with E-state index in [1.807, 2.05) is 31.2 Å². The monoisotopic (exact) mass is 468 g/mol. The molecule has 1 saturated heterocycles. The molecule has 0 aliphatic carbocycles. The third kappa shape index (κ3) is 4.81. The van der Waals surface area contributed by atoms with Crippen LogP contribution in [0.25, 0.3) is 0 Å². The van der Waals surface area contributed by atoms with Crippen molar-refractivity contribution in [2.24, 2.45) is 0 Å². The molecule has 1 fully saturated rings. The summed E-state index contributed by atoms with van der Waals surface area (Å²) in [5.41, 5.74) is 2.65. The summed E-state index contributed by atoms with van der Waals surface area (Å²) in [6.45, 7) is 5.26. The number of amides is 1. The molecule has 1 aliphatic heterocycles. The summed E-state index contributed by atoms with van der Waals surface area (Å²) in [4.78, 5) is 14.8. The Kier molecular flexibility index (Phi) is 6.61. The van der Waals surface area contributed by atoms with Gasteiger partial charge in [-0.05, 0) is 64.9 Å². The van der Waals surface area contributed by atoms with Crippen molar-refractivity contribution in [1.82, 2.24) is 10.2 Å². The average Bonchev–Trinajstić information content (AvgIpc) is 2.65. The van der Waals surface area contributed by atoms with Gasteiger partial charge in [0.1, 0.15) is 5.82 Å². The van der Waals surface area contributed by atoms with Gasteiger partial charge in [0, 0.05) is 28.8 Å². The summed E-state index contributed by atoms with van der Waals surface area (Å²) in [7, 11) is 0. The number of ether oxygens (including phenoxy) is 1. The highest BCUT2D eigenvalue weighted by Gasteiger charge is 2.23. The minimum absolute atomic E-state index is 0.0805. The molecule has 4 nitrogen and oxygen atoms in total. The molecule has 1 atom stereocenters. The zero-order chi connectivity index (χ0) is 18.5. The highest BCUT2D eigenvalue weighted by molar-refractivity contribution is 14.1. The number of aryl methyl sites for hydroxylation is 1. The SMILES string of the molecule is Cc1ccc(C(=O)NCC(c2cccc(F)c2)N2CCOCC2)cc1I. The van der Waals surface area contributed by atoms with E-state index in [9.17, 15) is 9.18 Å². The Morgan fingerprint density at radius 3 is 2.73 bits per heavy atom. The molecule has 1 unspecified atom stereocenters. The van der Waals surface area contributed by atoms with Crippen molar-refractivity contribution in [2.45, 2.75) is 13.0 Å². The van der Waals surface area contributed by atoms with E-state index in [0.717, 1.165) is 27.8 Å². The van der Waals surface area contributed by atoms with Crippen molar-refractivity contribution in [3.63, 3.8) is 0 Å². The van der Waals surface area contributed by atoms with E-state index in [1.54, 1.807) is 12.1 Å². The lowest BCUT2D eigenvalue weighted by Gasteiger charge is -2.35. The van der Waals surface area contributed by atoms with E-state index < -0.39 is 0 Å². The van der Waals surface area contributed by atoms with Crippen LogP contribution < -0.4 is 5.32 Å². The quantitative estimate of drug-likeness (QED) is 0.683. The Bertz CT molecular complexity index is 778. The predicted molar refractivity (Wildman–Crippen MR) is 108 cm³/mol. The minimum atomic E-state index is -0.264. The number of carbonyl (C=O) groups is 1. The van der Waals surface area contributed by atoms with Crippen LogP contribution in [0.5, 0.6) is 0 Å². The van der Waals surface area contributed by atoms with Gasteiger partial charge in [-0.25, -0.2) is 4.39 Å². The normalized spacial score (nSPS) is 16.3. The second-order valence-electron chi connectivity index (χ2n) is 6.39. The van der Waals surface area contributed by atoms with Crippen molar-refractivity contribution < 1.29 is 13.9 Å². The van der Waals surface area contributed by atoms with Crippen LogP contribution in [0, 0.1) is 16.3 Å². The highest BCUT2D eigenvalue weighted by atomic mass is 127. The first-order valence-electron chi connectivity index (χ1n) is 8.66. The molecule has 2 aromatic rings. The molecule has 0 radical (unpaired) electrons. The minimum Gasteiger partial charge on any atom is -0.379 e. The van der Waals surface area contributed by atoms with Gasteiger partial charge in [0.25, 0.3) is 5.91 Å². The van der Waals surface area contributed by atoms with Gasteiger partial charge in [-0.1, -0.05) is 18.2 Å². The van der Waals surface area contributed by atoms with Crippen LogP contribution in [0.1, 0.15) is 27.5 Å². The van der Waals surface area contributed by atoms with E-state index in [-0.39, 0.29) is 17.8 Å². The largest absolute Gasteiger partial charge is 0.379 e. The van der Waals surface area contributed by atoms with Crippen LogP contribution in [-0.4, -0.2) is 43.7 Å². The number of halogens is 2. The van der Waals surface area contributed by atoms with Gasteiger partial charge in [-0.3, -0.25) is 9.69 Å². The molecule has 1 amide bonds. The molecule has 0 bridgehead atoms. The van der Waals surface area contributed by atoms with Gasteiger partial charge < -0.3 is 10.1 Å². The lowest BCUT2D eigenvalue weighted by atomic mass is 10.0. The Balaban J connectivity index is 1.74. The maximum atomic E-state index is 13.7. The number of nitrogens with zero attached hydrogens (tertiary/aromatic N) is 1. The molecular weight excluding hydrogens is 446 g/mol. The Labute approximate surface area is 166 Å². The smallest absolute Gasteiger partial charge is 0.251 e. The van der Waals surface area contributed by atoms with Crippen LogP contribution in [0.4, 0.5) is 4.39 Å². The van der Waals surface area contributed by atoms with Gasteiger partial charge in [0.05, 0.1) is 19.3 Å². The first-order valence-corrected chi connectivity index (χ1v) is 9.74. The number of benzene rings is 2. The molecule has 1 N–H and O–H groups in total. The number of hydrogen-bond donors (Lipinski definition) is 1. The molecule has 0 aromatic heterocycles. The lowest BCUT2D eigenvalue weighted by molar-refractivity contribution is 0.0162. The second-order valence-corrected chi connectivity index (χ2v) is 7.56. The maximum absolute atomic E-state index is 13.7. The van der Waals surface area contributed by atoms with Gasteiger partial charge in [-0.2, -0.15) is 0 Å². The fourth-order valence-electron chi connectivity index (χ4n) is 3.09. The van der Waals surface area contributed by atoms with Crippen LogP contribution >= 0.6 is 22.6 Å². The third-order valence-electron chi connectivity index (χ3n) is 4.61. The maximum Gasteiger partial charge on any atom is 0.251 e. The number of hydrogen-bond acceptors (Lipinski definition) is 3. The Morgan fingerprint density at radius 1 is 1.27 bits per heavy atom. The Morgan fingerprint density at radius 2 is 2.04 bits per heavy atom. The second kappa shape index (κ2) is 8.92. The van der Waals surface area contributed by atoms with Gasteiger partial charge in [-0.15, -0.1) is 0 Å². The summed E-state index contributed by atoms with van der Waals surface area (Å²) < 4.78 is 20.2. The predicted octanol–water partition coefficient (Wildman–Crippen LogP) is 3.54.